The Kier molecular flexibility index (Phi) is 8.83. The van der Waals surface area contributed by atoms with Gasteiger partial charge in [-0.2, -0.15) is 13.2 Å². The number of carbonyl (C=O) groups excluding carboxylic acids is 2. The van der Waals surface area contributed by atoms with Crippen LogP contribution in [0.25, 0.3) is 11.1 Å². The molecule has 12 heteroatoms. The van der Waals surface area contributed by atoms with Gasteiger partial charge >= 0.3 is 12.2 Å². The van der Waals surface area contributed by atoms with Crippen LogP contribution >= 0.6 is 0 Å². The van der Waals surface area contributed by atoms with Crippen molar-refractivity contribution in [3.05, 3.63) is 35.9 Å². The minimum atomic E-state index is -4.24. The number of anilines is 3. The number of ether oxygens (including phenoxy) is 1. The molecule has 2 fully saturated rings. The molecule has 0 radical (unpaired) electrons. The number of amides is 3. The van der Waals surface area contributed by atoms with Crippen LogP contribution in [0.2, 0.25) is 0 Å². The normalized spacial score (nSPS) is 18.6. The summed E-state index contributed by atoms with van der Waals surface area (Å²) in [5.41, 5.74) is 3.21. The lowest BCUT2D eigenvalue weighted by Gasteiger charge is -2.29. The standard InChI is InChI=1S/C27H35F3N6O3/c1-17-4-5-21(33-26(38)36-7-6-19(16-36)15-27(28,29)30)14-22(17)20-12-23(32-18(2)25(37)31-3)34-24(13-20)35-8-10-39-11-9-35/h4-5,12-14,18-19H,6-11,15-16H2,1-3H3,(H,31,37)(H,32,34)(H,33,38). The minimum absolute atomic E-state index is 0.0792. The van der Waals surface area contributed by atoms with E-state index < -0.39 is 30.6 Å². The van der Waals surface area contributed by atoms with Crippen LogP contribution in [-0.4, -0.2) is 80.5 Å². The van der Waals surface area contributed by atoms with Gasteiger partial charge in [-0.15, -0.1) is 0 Å². The van der Waals surface area contributed by atoms with E-state index in [9.17, 15) is 22.8 Å². The fraction of sp³-hybridized carbons (Fsp3) is 0.519. The molecule has 39 heavy (non-hydrogen) atoms. The molecule has 0 aliphatic carbocycles. The first kappa shape index (κ1) is 28.5. The van der Waals surface area contributed by atoms with Crippen LogP contribution < -0.4 is 20.9 Å². The maximum atomic E-state index is 12.8. The molecule has 3 amide bonds. The number of aryl methyl sites for hydroxylation is 1. The van der Waals surface area contributed by atoms with Gasteiger partial charge in [0.15, 0.2) is 0 Å². The van der Waals surface area contributed by atoms with Gasteiger partial charge in [0.2, 0.25) is 5.91 Å². The number of likely N-dealkylation sites (tertiary alicyclic amines) is 1. The van der Waals surface area contributed by atoms with Gasteiger partial charge in [0.1, 0.15) is 17.7 Å². The second-order valence-electron chi connectivity index (χ2n) is 10.1. The van der Waals surface area contributed by atoms with Crippen LogP contribution in [-0.2, 0) is 9.53 Å². The second kappa shape index (κ2) is 12.1. The zero-order valence-electron chi connectivity index (χ0n) is 22.4. The van der Waals surface area contributed by atoms with E-state index in [1.807, 2.05) is 31.2 Å². The molecule has 0 spiro atoms. The van der Waals surface area contributed by atoms with Crippen LogP contribution in [0.1, 0.15) is 25.3 Å². The number of nitrogens with one attached hydrogen (secondary N) is 3. The lowest BCUT2D eigenvalue weighted by atomic mass is 10.00. The Morgan fingerprint density at radius 1 is 1.15 bits per heavy atom. The number of urea groups is 1. The summed E-state index contributed by atoms with van der Waals surface area (Å²) in [4.78, 5) is 33.3. The first-order valence-corrected chi connectivity index (χ1v) is 13.1. The van der Waals surface area contributed by atoms with Gasteiger partial charge < -0.3 is 30.5 Å². The van der Waals surface area contributed by atoms with E-state index in [1.54, 1.807) is 20.0 Å². The van der Waals surface area contributed by atoms with Crippen molar-refractivity contribution >= 4 is 29.3 Å². The molecule has 9 nitrogen and oxygen atoms in total. The van der Waals surface area contributed by atoms with Crippen molar-refractivity contribution in [3.8, 4) is 11.1 Å². The fourth-order valence-corrected chi connectivity index (χ4v) is 4.93. The van der Waals surface area contributed by atoms with Crippen molar-refractivity contribution in [1.82, 2.24) is 15.2 Å². The average molecular weight is 549 g/mol. The summed E-state index contributed by atoms with van der Waals surface area (Å²) in [6.07, 6.45) is -4.79. The topological polar surface area (TPSA) is 98.8 Å². The lowest BCUT2D eigenvalue weighted by Crippen LogP contribution is -2.37. The van der Waals surface area contributed by atoms with Crippen LogP contribution in [0.3, 0.4) is 0 Å². The summed E-state index contributed by atoms with van der Waals surface area (Å²) in [7, 11) is 1.57. The van der Waals surface area contributed by atoms with Gasteiger partial charge in [0, 0.05) is 45.3 Å². The first-order valence-electron chi connectivity index (χ1n) is 13.1. The van der Waals surface area contributed by atoms with Gasteiger partial charge in [-0.05, 0) is 67.1 Å². The van der Waals surface area contributed by atoms with E-state index in [0.717, 1.165) is 22.5 Å². The van der Waals surface area contributed by atoms with Gasteiger partial charge in [-0.25, -0.2) is 9.78 Å². The quantitative estimate of drug-likeness (QED) is 0.479. The van der Waals surface area contributed by atoms with Crippen molar-refractivity contribution in [2.45, 2.75) is 38.9 Å². The Labute approximate surface area is 226 Å². The third-order valence-electron chi connectivity index (χ3n) is 7.04. The highest BCUT2D eigenvalue weighted by Gasteiger charge is 2.36. The molecule has 0 bridgehead atoms. The Balaban J connectivity index is 1.57. The molecule has 1 aromatic heterocycles. The van der Waals surface area contributed by atoms with Crippen LogP contribution in [0.4, 0.5) is 35.3 Å². The van der Waals surface area contributed by atoms with Crippen LogP contribution in [0, 0.1) is 12.8 Å². The summed E-state index contributed by atoms with van der Waals surface area (Å²) in [5.74, 6) is 0.522. The number of hydrogen-bond acceptors (Lipinski definition) is 6. The number of aromatic nitrogens is 1. The van der Waals surface area contributed by atoms with E-state index in [0.29, 0.717) is 44.2 Å². The van der Waals surface area contributed by atoms with E-state index in [1.165, 1.54) is 4.90 Å². The number of rotatable bonds is 7. The number of morpholine rings is 1. The molecule has 3 N–H and O–H groups in total. The molecule has 2 atom stereocenters. The molecule has 2 unspecified atom stereocenters. The highest BCUT2D eigenvalue weighted by atomic mass is 19.4. The number of alkyl halides is 3. The number of carbonyl (C=O) groups is 2. The van der Waals surface area contributed by atoms with Crippen molar-refractivity contribution in [1.29, 1.82) is 0 Å². The monoisotopic (exact) mass is 548 g/mol. The summed E-state index contributed by atoms with van der Waals surface area (Å²) in [6, 6.07) is 8.41. The predicted octanol–water partition coefficient (Wildman–Crippen LogP) is 4.25. The largest absolute Gasteiger partial charge is 0.389 e. The molecular weight excluding hydrogens is 513 g/mol. The zero-order valence-corrected chi connectivity index (χ0v) is 22.4. The Bertz CT molecular complexity index is 1190. The predicted molar refractivity (Wildman–Crippen MR) is 144 cm³/mol. The number of benzene rings is 1. The highest BCUT2D eigenvalue weighted by molar-refractivity contribution is 5.91. The fourth-order valence-electron chi connectivity index (χ4n) is 4.93. The number of pyridine rings is 1. The van der Waals surface area contributed by atoms with Gasteiger partial charge in [-0.3, -0.25) is 4.79 Å². The van der Waals surface area contributed by atoms with E-state index in [-0.39, 0.29) is 19.0 Å². The molecule has 2 aliphatic heterocycles. The molecule has 2 aromatic rings. The molecule has 0 saturated carbocycles. The SMILES string of the molecule is CNC(=O)C(C)Nc1cc(-c2cc(NC(=O)N3CCC(CC(F)(F)F)C3)ccc2C)cc(N2CCOCC2)n1. The maximum absolute atomic E-state index is 12.8. The van der Waals surface area contributed by atoms with E-state index in [4.69, 9.17) is 9.72 Å². The molecule has 1 aromatic carbocycles. The zero-order chi connectivity index (χ0) is 28.2. The second-order valence-corrected chi connectivity index (χ2v) is 10.1. The number of nitrogens with zero attached hydrogens (tertiary/aromatic N) is 3. The smallest absolute Gasteiger partial charge is 0.378 e. The number of halogens is 3. The summed E-state index contributed by atoms with van der Waals surface area (Å²) in [6.45, 7) is 6.61. The molecule has 3 heterocycles. The minimum Gasteiger partial charge on any atom is -0.378 e. The molecular formula is C27H35F3N6O3. The van der Waals surface area contributed by atoms with Crippen molar-refractivity contribution in [2.75, 3.05) is 62.0 Å². The van der Waals surface area contributed by atoms with Gasteiger partial charge in [0.25, 0.3) is 0 Å². The van der Waals surface area contributed by atoms with Crippen LogP contribution in [0.15, 0.2) is 30.3 Å². The third-order valence-corrected chi connectivity index (χ3v) is 7.04. The molecule has 2 saturated heterocycles. The summed E-state index contributed by atoms with van der Waals surface area (Å²) >= 11 is 0. The highest BCUT2D eigenvalue weighted by Crippen LogP contribution is 2.33. The Hall–Kier alpha value is -3.54. The Morgan fingerprint density at radius 3 is 2.59 bits per heavy atom. The maximum Gasteiger partial charge on any atom is 0.389 e. The first-order chi connectivity index (χ1) is 18.5. The number of likely N-dealkylation sites (N-methyl/N-ethyl adjacent to an activating group) is 1. The van der Waals surface area contributed by atoms with E-state index in [2.05, 4.69) is 20.9 Å². The van der Waals surface area contributed by atoms with Gasteiger partial charge in [0.05, 0.1) is 13.2 Å². The Morgan fingerprint density at radius 2 is 1.90 bits per heavy atom. The molecule has 212 valence electrons. The molecule has 4 rings (SSSR count). The van der Waals surface area contributed by atoms with E-state index >= 15 is 0 Å². The average Bonchev–Trinajstić information content (AvgIpc) is 3.36. The summed E-state index contributed by atoms with van der Waals surface area (Å²) in [5, 5.41) is 8.64. The van der Waals surface area contributed by atoms with Crippen LogP contribution in [0.5, 0.6) is 0 Å². The summed E-state index contributed by atoms with van der Waals surface area (Å²) < 4.78 is 43.8. The number of hydrogen-bond donors (Lipinski definition) is 3. The van der Waals surface area contributed by atoms with Gasteiger partial charge in [-0.1, -0.05) is 6.07 Å². The van der Waals surface area contributed by atoms with Crippen molar-refractivity contribution < 1.29 is 27.5 Å². The van der Waals surface area contributed by atoms with Crippen molar-refractivity contribution in [3.63, 3.8) is 0 Å². The molecule has 2 aliphatic rings. The lowest BCUT2D eigenvalue weighted by molar-refractivity contribution is -0.143. The third kappa shape index (κ3) is 7.53. The van der Waals surface area contributed by atoms with Crippen molar-refractivity contribution in [2.24, 2.45) is 5.92 Å².